The molecule has 2 N–H and O–H groups in total. The summed E-state index contributed by atoms with van der Waals surface area (Å²) in [7, 11) is 0. The molecule has 0 radical (unpaired) electrons. The van der Waals surface area contributed by atoms with Gasteiger partial charge < -0.3 is 15.5 Å². The molecule has 0 unspecified atom stereocenters. The molecule has 2 aromatic carbocycles. The van der Waals surface area contributed by atoms with Crippen molar-refractivity contribution >= 4 is 28.9 Å². The predicted octanol–water partition coefficient (Wildman–Crippen LogP) is 1.75. The average Bonchev–Trinajstić information content (AvgIpc) is 2.75. The van der Waals surface area contributed by atoms with E-state index in [2.05, 4.69) is 15.5 Å². The molecule has 1 aliphatic heterocycles. The van der Waals surface area contributed by atoms with Gasteiger partial charge in [-0.1, -0.05) is 12.1 Å². The van der Waals surface area contributed by atoms with E-state index in [-0.39, 0.29) is 18.0 Å². The first-order valence-electron chi connectivity index (χ1n) is 9.60. The Morgan fingerprint density at radius 1 is 1.00 bits per heavy atom. The second-order valence-corrected chi connectivity index (χ2v) is 6.91. The van der Waals surface area contributed by atoms with Gasteiger partial charge in [0.05, 0.1) is 10.6 Å². The van der Waals surface area contributed by atoms with Crippen LogP contribution < -0.4 is 15.5 Å². The topological polar surface area (TPSA) is 108 Å². The fourth-order valence-corrected chi connectivity index (χ4v) is 3.25. The number of carbonyl (C=O) groups is 2. The lowest BCUT2D eigenvalue weighted by molar-refractivity contribution is -0.387. The van der Waals surface area contributed by atoms with E-state index in [0.717, 1.165) is 18.2 Å². The number of anilines is 2. The summed E-state index contributed by atoms with van der Waals surface area (Å²) >= 11 is 0. The van der Waals surface area contributed by atoms with E-state index >= 15 is 0 Å². The molecule has 0 aliphatic carbocycles. The Labute approximate surface area is 176 Å². The average molecular weight is 433 g/mol. The monoisotopic (exact) mass is 433 g/mol. The Morgan fingerprint density at radius 3 is 2.39 bits per heavy atom. The van der Waals surface area contributed by atoms with Crippen molar-refractivity contribution in [3.8, 4) is 0 Å². The fraction of sp³-hybridized carbons (Fsp3) is 0.300. The van der Waals surface area contributed by atoms with E-state index < -0.39 is 28.2 Å². The number of nitrogens with one attached hydrogen (secondary N) is 2. The highest BCUT2D eigenvalue weighted by molar-refractivity contribution is 6.39. The molecule has 2 amide bonds. The number of hydrogen-bond acceptors (Lipinski definition) is 6. The molecule has 1 heterocycles. The number of carbonyl (C=O) groups excluding carboxylic acids is 2. The molecule has 2 aromatic rings. The molecule has 1 saturated heterocycles. The van der Waals surface area contributed by atoms with Gasteiger partial charge in [-0.25, -0.2) is 4.39 Å². The van der Waals surface area contributed by atoms with E-state index in [9.17, 15) is 28.5 Å². The largest absolute Gasteiger partial charge is 0.367 e. The van der Waals surface area contributed by atoms with Crippen LogP contribution in [0.15, 0.2) is 42.5 Å². The maximum absolute atomic E-state index is 13.9. The summed E-state index contributed by atoms with van der Waals surface area (Å²) in [6, 6.07) is 9.40. The van der Waals surface area contributed by atoms with Gasteiger partial charge in [-0.2, -0.15) is 4.39 Å². The van der Waals surface area contributed by atoms with Gasteiger partial charge >= 0.3 is 17.5 Å². The van der Waals surface area contributed by atoms with Crippen LogP contribution in [0.2, 0.25) is 0 Å². The number of nitro groups is 1. The van der Waals surface area contributed by atoms with Crippen molar-refractivity contribution in [2.45, 2.75) is 0 Å². The molecule has 164 valence electrons. The molecule has 0 aromatic heterocycles. The quantitative estimate of drug-likeness (QED) is 0.408. The van der Waals surface area contributed by atoms with Gasteiger partial charge in [0.25, 0.3) is 0 Å². The summed E-state index contributed by atoms with van der Waals surface area (Å²) in [5.41, 5.74) is -0.293. The van der Waals surface area contributed by atoms with Crippen LogP contribution in [0.25, 0.3) is 0 Å². The molecule has 0 spiro atoms. The van der Waals surface area contributed by atoms with Crippen molar-refractivity contribution in [3.05, 3.63) is 64.2 Å². The van der Waals surface area contributed by atoms with Crippen LogP contribution in [0.3, 0.4) is 0 Å². The van der Waals surface area contributed by atoms with E-state index in [1.807, 2.05) is 4.90 Å². The second kappa shape index (κ2) is 9.94. The molecule has 9 nitrogen and oxygen atoms in total. The summed E-state index contributed by atoms with van der Waals surface area (Å²) in [6.07, 6.45) is 0. The van der Waals surface area contributed by atoms with Crippen LogP contribution in [-0.2, 0) is 9.59 Å². The van der Waals surface area contributed by atoms with Crippen molar-refractivity contribution in [1.82, 2.24) is 10.2 Å². The van der Waals surface area contributed by atoms with E-state index in [0.29, 0.717) is 38.4 Å². The van der Waals surface area contributed by atoms with Crippen LogP contribution in [0.1, 0.15) is 0 Å². The number of nitro benzene ring substituents is 1. The number of halogens is 2. The third kappa shape index (κ3) is 5.72. The molecule has 1 aliphatic rings. The fourth-order valence-electron chi connectivity index (χ4n) is 3.25. The van der Waals surface area contributed by atoms with Crippen LogP contribution in [0, 0.1) is 21.7 Å². The Morgan fingerprint density at radius 2 is 1.71 bits per heavy atom. The molecule has 0 bridgehead atoms. The van der Waals surface area contributed by atoms with E-state index in [4.69, 9.17) is 0 Å². The van der Waals surface area contributed by atoms with Crippen LogP contribution in [-0.4, -0.2) is 60.9 Å². The molecule has 11 heteroatoms. The Balaban J connectivity index is 1.41. The predicted molar refractivity (Wildman–Crippen MR) is 110 cm³/mol. The second-order valence-electron chi connectivity index (χ2n) is 6.91. The van der Waals surface area contributed by atoms with Gasteiger partial charge in [0, 0.05) is 51.0 Å². The standard InChI is InChI=1S/C20H21F2N5O4/c21-15-3-1-2-4-17(15)26-11-9-25(10-12-26)8-7-23-19(28)20(29)24-14-5-6-16(22)18(13-14)27(30)31/h1-6,13H,7-12H2,(H,23,28)(H,24,29). The highest BCUT2D eigenvalue weighted by Gasteiger charge is 2.21. The molecule has 1 fully saturated rings. The number of amides is 2. The Hall–Kier alpha value is -3.60. The Bertz CT molecular complexity index is 980. The number of para-hydroxylation sites is 1. The lowest BCUT2D eigenvalue weighted by atomic mass is 10.2. The van der Waals surface area contributed by atoms with Crippen molar-refractivity contribution in [2.75, 3.05) is 49.5 Å². The minimum atomic E-state index is -1.04. The van der Waals surface area contributed by atoms with Gasteiger partial charge in [0.2, 0.25) is 5.82 Å². The highest BCUT2D eigenvalue weighted by Crippen LogP contribution is 2.22. The van der Waals surface area contributed by atoms with Gasteiger partial charge in [-0.05, 0) is 24.3 Å². The van der Waals surface area contributed by atoms with Crippen molar-refractivity contribution < 1.29 is 23.3 Å². The van der Waals surface area contributed by atoms with Crippen LogP contribution in [0.4, 0.5) is 25.8 Å². The van der Waals surface area contributed by atoms with E-state index in [1.165, 1.54) is 6.07 Å². The summed E-state index contributed by atoms with van der Waals surface area (Å²) < 4.78 is 27.2. The number of piperazine rings is 1. The first kappa shape index (κ1) is 22.1. The molecule has 0 atom stereocenters. The third-order valence-electron chi connectivity index (χ3n) is 4.89. The SMILES string of the molecule is O=C(NCCN1CCN(c2ccccc2F)CC1)C(=O)Nc1ccc(F)c([N+](=O)[O-])c1. The summed E-state index contributed by atoms with van der Waals surface area (Å²) in [5, 5.41) is 15.4. The Kier molecular flexibility index (Phi) is 7.08. The normalized spacial score (nSPS) is 14.2. The minimum absolute atomic E-state index is 0.0579. The molecular formula is C20H21F2N5O4. The third-order valence-corrected chi connectivity index (χ3v) is 4.89. The molecule has 0 saturated carbocycles. The zero-order valence-corrected chi connectivity index (χ0v) is 16.5. The zero-order chi connectivity index (χ0) is 22.4. The lowest BCUT2D eigenvalue weighted by Crippen LogP contribution is -2.49. The molecule has 3 rings (SSSR count). The summed E-state index contributed by atoms with van der Waals surface area (Å²) in [5.74, 6) is -3.22. The number of nitrogens with zero attached hydrogens (tertiary/aromatic N) is 3. The lowest BCUT2D eigenvalue weighted by Gasteiger charge is -2.36. The van der Waals surface area contributed by atoms with Crippen molar-refractivity contribution in [1.29, 1.82) is 0 Å². The first-order chi connectivity index (χ1) is 14.8. The minimum Gasteiger partial charge on any atom is -0.367 e. The molecular weight excluding hydrogens is 412 g/mol. The highest BCUT2D eigenvalue weighted by atomic mass is 19.1. The van der Waals surface area contributed by atoms with Crippen molar-refractivity contribution in [3.63, 3.8) is 0 Å². The summed E-state index contributed by atoms with van der Waals surface area (Å²) in [6.45, 7) is 3.35. The van der Waals surface area contributed by atoms with E-state index in [1.54, 1.807) is 18.2 Å². The smallest absolute Gasteiger partial charge is 0.313 e. The van der Waals surface area contributed by atoms with Gasteiger partial charge in [0.1, 0.15) is 5.82 Å². The maximum atomic E-state index is 13.9. The van der Waals surface area contributed by atoms with Crippen LogP contribution in [0.5, 0.6) is 0 Å². The maximum Gasteiger partial charge on any atom is 0.313 e. The van der Waals surface area contributed by atoms with Crippen LogP contribution >= 0.6 is 0 Å². The molecule has 31 heavy (non-hydrogen) atoms. The number of benzene rings is 2. The van der Waals surface area contributed by atoms with Crippen molar-refractivity contribution in [2.24, 2.45) is 0 Å². The summed E-state index contributed by atoms with van der Waals surface area (Å²) in [4.78, 5) is 37.8. The zero-order valence-electron chi connectivity index (χ0n) is 16.5. The number of rotatable bonds is 6. The number of hydrogen-bond donors (Lipinski definition) is 2. The van der Waals surface area contributed by atoms with Gasteiger partial charge in [-0.15, -0.1) is 0 Å². The van der Waals surface area contributed by atoms with Gasteiger partial charge in [0.15, 0.2) is 0 Å². The van der Waals surface area contributed by atoms with Gasteiger partial charge in [-0.3, -0.25) is 24.6 Å². The first-order valence-corrected chi connectivity index (χ1v) is 9.60.